The summed E-state index contributed by atoms with van der Waals surface area (Å²) in [6.45, 7) is 6.16. The number of hydrogen-bond acceptors (Lipinski definition) is 5. The number of nitrogens with one attached hydrogen (secondary N) is 1. The van der Waals surface area contributed by atoms with Crippen LogP contribution in [0.2, 0.25) is 0 Å². The van der Waals surface area contributed by atoms with Gasteiger partial charge >= 0.3 is 6.09 Å². The van der Waals surface area contributed by atoms with Crippen LogP contribution in [-0.4, -0.2) is 48.3 Å². The first-order chi connectivity index (χ1) is 16.1. The van der Waals surface area contributed by atoms with Crippen molar-refractivity contribution >= 4 is 6.09 Å². The normalized spacial score (nSPS) is 17.5. The quantitative estimate of drug-likeness (QED) is 0.616. The molecule has 170 valence electrons. The van der Waals surface area contributed by atoms with Crippen LogP contribution in [0.4, 0.5) is 4.79 Å². The second-order valence-corrected chi connectivity index (χ2v) is 8.85. The van der Waals surface area contributed by atoms with Gasteiger partial charge in [0.05, 0.1) is 12.1 Å². The second kappa shape index (κ2) is 9.24. The SMILES string of the molecule is CC(C)Oc1ccc(C2CN(C(=O)OCC3c4ccccc4-c4ccccc43)CCN2)cn1. The zero-order valence-electron chi connectivity index (χ0n) is 19.0. The van der Waals surface area contributed by atoms with Crippen LogP contribution in [-0.2, 0) is 4.74 Å². The number of fused-ring (bicyclic) bond motifs is 3. The van der Waals surface area contributed by atoms with Gasteiger partial charge < -0.3 is 19.7 Å². The maximum atomic E-state index is 13.0. The summed E-state index contributed by atoms with van der Waals surface area (Å²) < 4.78 is 11.5. The molecule has 2 heterocycles. The largest absolute Gasteiger partial charge is 0.475 e. The minimum atomic E-state index is -0.268. The molecule has 0 bridgehead atoms. The van der Waals surface area contributed by atoms with Gasteiger partial charge in [-0.3, -0.25) is 0 Å². The first kappa shape index (κ1) is 21.5. The first-order valence-corrected chi connectivity index (χ1v) is 11.6. The van der Waals surface area contributed by atoms with E-state index in [4.69, 9.17) is 9.47 Å². The van der Waals surface area contributed by atoms with Gasteiger partial charge in [0.25, 0.3) is 0 Å². The van der Waals surface area contributed by atoms with E-state index in [1.165, 1.54) is 22.3 Å². The van der Waals surface area contributed by atoms with Crippen molar-refractivity contribution in [1.82, 2.24) is 15.2 Å². The summed E-state index contributed by atoms with van der Waals surface area (Å²) in [6.07, 6.45) is 1.63. The van der Waals surface area contributed by atoms with Crippen LogP contribution >= 0.6 is 0 Å². The van der Waals surface area contributed by atoms with Gasteiger partial charge in [0, 0.05) is 37.8 Å². The van der Waals surface area contributed by atoms with E-state index in [1.807, 2.05) is 44.3 Å². The van der Waals surface area contributed by atoms with Crippen molar-refractivity contribution in [2.75, 3.05) is 26.2 Å². The van der Waals surface area contributed by atoms with E-state index >= 15 is 0 Å². The van der Waals surface area contributed by atoms with Gasteiger partial charge in [0.2, 0.25) is 5.88 Å². The van der Waals surface area contributed by atoms with Crippen LogP contribution in [0.25, 0.3) is 11.1 Å². The lowest BCUT2D eigenvalue weighted by Crippen LogP contribution is -2.48. The molecule has 1 unspecified atom stereocenters. The Hall–Kier alpha value is -3.38. The van der Waals surface area contributed by atoms with E-state index in [0.29, 0.717) is 32.1 Å². The summed E-state index contributed by atoms with van der Waals surface area (Å²) in [5.41, 5.74) is 5.93. The number of nitrogens with zero attached hydrogens (tertiary/aromatic N) is 2. The highest BCUT2D eigenvalue weighted by Crippen LogP contribution is 2.44. The molecule has 6 heteroatoms. The molecule has 5 rings (SSSR count). The molecule has 1 fully saturated rings. The molecule has 1 N–H and O–H groups in total. The molecule has 0 saturated carbocycles. The number of amides is 1. The van der Waals surface area contributed by atoms with E-state index in [1.54, 1.807) is 4.90 Å². The van der Waals surface area contributed by atoms with Crippen molar-refractivity contribution in [3.05, 3.63) is 83.6 Å². The lowest BCUT2D eigenvalue weighted by Gasteiger charge is -2.33. The fraction of sp³-hybridized carbons (Fsp3) is 0.333. The summed E-state index contributed by atoms with van der Waals surface area (Å²) in [5.74, 6) is 0.677. The Labute approximate surface area is 194 Å². The lowest BCUT2D eigenvalue weighted by atomic mass is 9.98. The van der Waals surface area contributed by atoms with E-state index < -0.39 is 0 Å². The summed E-state index contributed by atoms with van der Waals surface area (Å²) in [7, 11) is 0. The van der Waals surface area contributed by atoms with E-state index in [0.717, 1.165) is 5.56 Å². The van der Waals surface area contributed by atoms with Gasteiger partial charge in [-0.1, -0.05) is 54.6 Å². The minimum absolute atomic E-state index is 0.0137. The Morgan fingerprint density at radius 2 is 1.76 bits per heavy atom. The number of carbonyl (C=O) groups is 1. The van der Waals surface area contributed by atoms with Crippen molar-refractivity contribution < 1.29 is 14.3 Å². The van der Waals surface area contributed by atoms with Gasteiger partial charge in [0.1, 0.15) is 6.61 Å². The van der Waals surface area contributed by atoms with Crippen LogP contribution in [0, 0.1) is 0 Å². The van der Waals surface area contributed by atoms with Crippen LogP contribution in [0.3, 0.4) is 0 Å². The molecular weight excluding hydrogens is 414 g/mol. The monoisotopic (exact) mass is 443 g/mol. The number of ether oxygens (including phenoxy) is 2. The number of piperazine rings is 1. The van der Waals surface area contributed by atoms with Gasteiger partial charge in [0.15, 0.2) is 0 Å². The molecule has 1 aliphatic carbocycles. The first-order valence-electron chi connectivity index (χ1n) is 11.6. The number of aromatic nitrogens is 1. The fourth-order valence-electron chi connectivity index (χ4n) is 4.73. The van der Waals surface area contributed by atoms with E-state index in [-0.39, 0.29) is 24.2 Å². The Bertz CT molecular complexity index is 1080. The van der Waals surface area contributed by atoms with Crippen LogP contribution in [0.15, 0.2) is 66.9 Å². The van der Waals surface area contributed by atoms with E-state index in [9.17, 15) is 4.79 Å². The summed E-state index contributed by atoms with van der Waals surface area (Å²) in [5, 5.41) is 3.47. The van der Waals surface area contributed by atoms with Crippen molar-refractivity contribution in [3.63, 3.8) is 0 Å². The average molecular weight is 444 g/mol. The molecule has 2 aliphatic rings. The van der Waals surface area contributed by atoms with Crippen molar-refractivity contribution in [1.29, 1.82) is 0 Å². The molecule has 1 atom stereocenters. The molecular formula is C27H29N3O3. The summed E-state index contributed by atoms with van der Waals surface area (Å²) >= 11 is 0. The van der Waals surface area contributed by atoms with Crippen LogP contribution in [0.5, 0.6) is 5.88 Å². The smallest absolute Gasteiger partial charge is 0.409 e. The fourth-order valence-corrected chi connectivity index (χ4v) is 4.73. The topological polar surface area (TPSA) is 63.7 Å². The Balaban J connectivity index is 1.23. The molecule has 1 amide bonds. The highest BCUT2D eigenvalue weighted by Gasteiger charge is 2.31. The third kappa shape index (κ3) is 4.44. The molecule has 2 aromatic carbocycles. The highest BCUT2D eigenvalue weighted by atomic mass is 16.6. The molecule has 0 spiro atoms. The summed E-state index contributed by atoms with van der Waals surface area (Å²) in [4.78, 5) is 19.2. The van der Waals surface area contributed by atoms with Crippen molar-refractivity contribution in [3.8, 4) is 17.0 Å². The second-order valence-electron chi connectivity index (χ2n) is 8.85. The minimum Gasteiger partial charge on any atom is -0.475 e. The molecule has 6 nitrogen and oxygen atoms in total. The number of benzene rings is 2. The van der Waals surface area contributed by atoms with Gasteiger partial charge in [-0.2, -0.15) is 0 Å². The Morgan fingerprint density at radius 1 is 1.06 bits per heavy atom. The summed E-state index contributed by atoms with van der Waals surface area (Å²) in [6, 6.07) is 20.7. The molecule has 3 aromatic rings. The zero-order valence-corrected chi connectivity index (χ0v) is 19.0. The maximum absolute atomic E-state index is 13.0. The third-order valence-electron chi connectivity index (χ3n) is 6.29. The average Bonchev–Trinajstić information content (AvgIpc) is 3.16. The van der Waals surface area contributed by atoms with Gasteiger partial charge in [-0.15, -0.1) is 0 Å². The van der Waals surface area contributed by atoms with Gasteiger partial charge in [-0.05, 0) is 41.7 Å². The number of pyridine rings is 1. The number of hydrogen-bond donors (Lipinski definition) is 1. The van der Waals surface area contributed by atoms with Crippen molar-refractivity contribution in [2.45, 2.75) is 31.9 Å². The highest BCUT2D eigenvalue weighted by molar-refractivity contribution is 5.79. The van der Waals surface area contributed by atoms with Crippen molar-refractivity contribution in [2.24, 2.45) is 0 Å². The lowest BCUT2D eigenvalue weighted by molar-refractivity contribution is 0.0882. The molecule has 1 aliphatic heterocycles. The number of carbonyl (C=O) groups excluding carboxylic acids is 1. The zero-order chi connectivity index (χ0) is 22.8. The standard InChI is InChI=1S/C27H29N3O3/c1-18(2)33-26-12-11-19(15-29-26)25-16-30(14-13-28-25)27(31)32-17-24-22-9-5-3-7-20(22)21-8-4-6-10-23(21)24/h3-12,15,18,24-25,28H,13-14,16-17H2,1-2H3. The predicted molar refractivity (Wildman–Crippen MR) is 127 cm³/mol. The Morgan fingerprint density at radius 3 is 2.39 bits per heavy atom. The van der Waals surface area contributed by atoms with Gasteiger partial charge in [-0.25, -0.2) is 9.78 Å². The predicted octanol–water partition coefficient (Wildman–Crippen LogP) is 4.76. The Kier molecular flexibility index (Phi) is 6.01. The molecule has 1 aromatic heterocycles. The maximum Gasteiger partial charge on any atom is 0.409 e. The van der Waals surface area contributed by atoms with Crippen LogP contribution in [0.1, 0.15) is 42.5 Å². The molecule has 1 saturated heterocycles. The molecule has 0 radical (unpaired) electrons. The molecule has 33 heavy (non-hydrogen) atoms. The number of rotatable bonds is 5. The third-order valence-corrected chi connectivity index (χ3v) is 6.29. The van der Waals surface area contributed by atoms with Crippen LogP contribution < -0.4 is 10.1 Å². The van der Waals surface area contributed by atoms with E-state index in [2.05, 4.69) is 46.7 Å².